The van der Waals surface area contributed by atoms with Crippen molar-refractivity contribution in [1.82, 2.24) is 4.98 Å². The normalized spacial score (nSPS) is 16.2. The maximum atomic E-state index is 11.2. The number of thioether (sulfide) groups is 1. The summed E-state index contributed by atoms with van der Waals surface area (Å²) < 4.78 is 5.61. The average molecular weight is 279 g/mol. The summed E-state index contributed by atoms with van der Waals surface area (Å²) in [5, 5.41) is 0.657. The predicted molar refractivity (Wildman–Crippen MR) is 75.7 cm³/mol. The first-order valence-electron chi connectivity index (χ1n) is 5.99. The summed E-state index contributed by atoms with van der Waals surface area (Å²) in [4.78, 5) is 15.6. The number of carbonyl (C=O) groups excluding carboxylic acids is 1. The highest BCUT2D eigenvalue weighted by Gasteiger charge is 2.28. The van der Waals surface area contributed by atoms with Crippen LogP contribution >= 0.6 is 11.8 Å². The summed E-state index contributed by atoms with van der Waals surface area (Å²) >= 11 is 1.45. The van der Waals surface area contributed by atoms with E-state index < -0.39 is 11.4 Å². The molecule has 0 saturated heterocycles. The highest BCUT2D eigenvalue weighted by atomic mass is 32.2. The second kappa shape index (κ2) is 5.22. The van der Waals surface area contributed by atoms with Gasteiger partial charge in [0.1, 0.15) is 5.52 Å². The van der Waals surface area contributed by atoms with Crippen LogP contribution in [0.4, 0.5) is 0 Å². The van der Waals surface area contributed by atoms with Gasteiger partial charge >= 0.3 is 0 Å². The number of rotatable bonds is 5. The van der Waals surface area contributed by atoms with E-state index in [1.54, 1.807) is 6.92 Å². The molecule has 2 rings (SSSR count). The van der Waals surface area contributed by atoms with Crippen LogP contribution in [-0.4, -0.2) is 21.7 Å². The second-order valence-corrected chi connectivity index (χ2v) is 6.25. The monoisotopic (exact) mass is 279 g/mol. The minimum absolute atomic E-state index is 0.0792. The first-order valence-corrected chi connectivity index (χ1v) is 6.87. The van der Waals surface area contributed by atoms with Crippen molar-refractivity contribution in [3.05, 3.63) is 24.3 Å². The van der Waals surface area contributed by atoms with Gasteiger partial charge in [-0.2, -0.15) is 0 Å². The smallest absolute Gasteiger partial charge is 0.256 e. The number of nitrogens with zero attached hydrogens (tertiary/aromatic N) is 1. The van der Waals surface area contributed by atoms with Gasteiger partial charge in [0, 0.05) is 5.25 Å². The lowest BCUT2D eigenvalue weighted by Gasteiger charge is -2.23. The van der Waals surface area contributed by atoms with Crippen molar-refractivity contribution in [2.75, 3.05) is 0 Å². The molecule has 1 aromatic heterocycles. The molecule has 0 spiro atoms. The lowest BCUT2D eigenvalue weighted by Crippen LogP contribution is -2.50. The van der Waals surface area contributed by atoms with Gasteiger partial charge in [-0.1, -0.05) is 30.8 Å². The first kappa shape index (κ1) is 13.9. The van der Waals surface area contributed by atoms with Gasteiger partial charge in [0.15, 0.2) is 5.58 Å². The van der Waals surface area contributed by atoms with Gasteiger partial charge in [-0.15, -0.1) is 0 Å². The van der Waals surface area contributed by atoms with Gasteiger partial charge in [-0.25, -0.2) is 4.98 Å². The third-order valence-corrected chi connectivity index (χ3v) is 3.80. The number of aromatic nitrogens is 1. The molecule has 0 fully saturated rings. The van der Waals surface area contributed by atoms with E-state index in [9.17, 15) is 4.79 Å². The number of oxazole rings is 1. The number of primary amides is 1. The number of amides is 1. The molecule has 5 nitrogen and oxygen atoms in total. The number of para-hydroxylation sites is 2. The summed E-state index contributed by atoms with van der Waals surface area (Å²) in [5.41, 5.74) is 11.7. The van der Waals surface area contributed by atoms with Gasteiger partial charge in [0.2, 0.25) is 5.91 Å². The summed E-state index contributed by atoms with van der Waals surface area (Å²) in [7, 11) is 0. The zero-order valence-corrected chi connectivity index (χ0v) is 11.7. The minimum atomic E-state index is -1.02. The minimum Gasteiger partial charge on any atom is -0.431 e. The Labute approximate surface area is 115 Å². The summed E-state index contributed by atoms with van der Waals surface area (Å²) in [6.45, 7) is 3.60. The van der Waals surface area contributed by atoms with Crippen LogP contribution in [0.3, 0.4) is 0 Å². The number of hydrogen-bond donors (Lipinski definition) is 2. The van der Waals surface area contributed by atoms with E-state index in [0.29, 0.717) is 11.6 Å². The lowest BCUT2D eigenvalue weighted by atomic mass is 9.97. The molecule has 0 aliphatic heterocycles. The Balaban J connectivity index is 2.06. The van der Waals surface area contributed by atoms with Crippen molar-refractivity contribution >= 4 is 28.8 Å². The van der Waals surface area contributed by atoms with E-state index in [1.165, 1.54) is 11.8 Å². The number of fused-ring (bicyclic) bond motifs is 1. The maximum Gasteiger partial charge on any atom is 0.256 e. The molecule has 0 aliphatic carbocycles. The van der Waals surface area contributed by atoms with Crippen molar-refractivity contribution < 1.29 is 9.21 Å². The van der Waals surface area contributed by atoms with E-state index in [0.717, 1.165) is 11.1 Å². The molecular formula is C13H17N3O2S. The van der Waals surface area contributed by atoms with Gasteiger partial charge < -0.3 is 15.9 Å². The SMILES string of the molecule is CC(CC(C)(N)C(N)=O)Sc1nc2ccccc2o1. The average Bonchev–Trinajstić information content (AvgIpc) is 2.69. The summed E-state index contributed by atoms with van der Waals surface area (Å²) in [6, 6.07) is 7.57. The molecule has 2 unspecified atom stereocenters. The molecule has 4 N–H and O–H groups in total. The van der Waals surface area contributed by atoms with Gasteiger partial charge in [-0.3, -0.25) is 4.79 Å². The van der Waals surface area contributed by atoms with Crippen molar-refractivity contribution in [1.29, 1.82) is 0 Å². The molecule has 1 aromatic carbocycles. The Morgan fingerprint density at radius 2 is 2.21 bits per heavy atom. The summed E-state index contributed by atoms with van der Waals surface area (Å²) in [6.07, 6.45) is 0.464. The van der Waals surface area contributed by atoms with E-state index in [-0.39, 0.29) is 5.25 Å². The molecule has 0 radical (unpaired) electrons. The fourth-order valence-corrected chi connectivity index (χ4v) is 2.88. The van der Waals surface area contributed by atoms with Crippen LogP contribution in [-0.2, 0) is 4.79 Å². The van der Waals surface area contributed by atoms with Crippen LogP contribution in [0.2, 0.25) is 0 Å². The highest BCUT2D eigenvalue weighted by molar-refractivity contribution is 7.99. The molecule has 0 aliphatic rings. The molecule has 1 heterocycles. The van der Waals surface area contributed by atoms with Gasteiger partial charge in [-0.05, 0) is 25.5 Å². The number of carbonyl (C=O) groups is 1. The van der Waals surface area contributed by atoms with Gasteiger partial charge in [0.05, 0.1) is 5.54 Å². The van der Waals surface area contributed by atoms with Crippen LogP contribution in [0.15, 0.2) is 33.9 Å². The third kappa shape index (κ3) is 3.27. The fraction of sp³-hybridized carbons (Fsp3) is 0.385. The number of hydrogen-bond acceptors (Lipinski definition) is 5. The quantitative estimate of drug-likeness (QED) is 0.815. The Hall–Kier alpha value is -1.53. The van der Waals surface area contributed by atoms with Gasteiger partial charge in [0.25, 0.3) is 5.22 Å². The third-order valence-electron chi connectivity index (χ3n) is 2.85. The zero-order chi connectivity index (χ0) is 14.0. The number of nitrogens with two attached hydrogens (primary N) is 2. The van der Waals surface area contributed by atoms with Crippen molar-refractivity contribution in [2.24, 2.45) is 11.5 Å². The highest BCUT2D eigenvalue weighted by Crippen LogP contribution is 2.29. The van der Waals surface area contributed by atoms with Crippen LogP contribution in [0.5, 0.6) is 0 Å². The Morgan fingerprint density at radius 1 is 1.53 bits per heavy atom. The van der Waals surface area contributed by atoms with Crippen LogP contribution < -0.4 is 11.5 Å². The number of benzene rings is 1. The Bertz CT molecular complexity index is 561. The topological polar surface area (TPSA) is 95.1 Å². The van der Waals surface area contributed by atoms with Crippen molar-refractivity contribution in [2.45, 2.75) is 36.3 Å². The molecular weight excluding hydrogens is 262 g/mol. The van der Waals surface area contributed by atoms with E-state index in [2.05, 4.69) is 4.98 Å². The maximum absolute atomic E-state index is 11.2. The second-order valence-electron chi connectivity index (χ2n) is 4.86. The Kier molecular flexibility index (Phi) is 3.82. The largest absolute Gasteiger partial charge is 0.431 e. The zero-order valence-electron chi connectivity index (χ0n) is 10.9. The molecule has 0 bridgehead atoms. The lowest BCUT2D eigenvalue weighted by molar-refractivity contribution is -0.122. The predicted octanol–water partition coefficient (Wildman–Crippen LogP) is 1.90. The van der Waals surface area contributed by atoms with Crippen LogP contribution in [0.25, 0.3) is 11.1 Å². The Morgan fingerprint density at radius 3 is 2.84 bits per heavy atom. The molecule has 102 valence electrons. The molecule has 2 atom stereocenters. The molecule has 2 aromatic rings. The fourth-order valence-electron chi connectivity index (χ4n) is 1.81. The molecule has 6 heteroatoms. The molecule has 0 saturated carbocycles. The van der Waals surface area contributed by atoms with Crippen molar-refractivity contribution in [3.63, 3.8) is 0 Å². The van der Waals surface area contributed by atoms with Crippen LogP contribution in [0.1, 0.15) is 20.3 Å². The standard InChI is InChI=1S/C13H17N3O2S/c1-8(7-13(2,15)11(14)17)19-12-16-9-5-3-4-6-10(9)18-12/h3-6,8H,7,15H2,1-2H3,(H2,14,17). The summed E-state index contributed by atoms with van der Waals surface area (Å²) in [5.74, 6) is -0.502. The van der Waals surface area contributed by atoms with E-state index >= 15 is 0 Å². The molecule has 19 heavy (non-hydrogen) atoms. The first-order chi connectivity index (χ1) is 8.88. The van der Waals surface area contributed by atoms with E-state index in [1.807, 2.05) is 31.2 Å². The van der Waals surface area contributed by atoms with Crippen molar-refractivity contribution in [3.8, 4) is 0 Å². The van der Waals surface area contributed by atoms with E-state index in [4.69, 9.17) is 15.9 Å². The molecule has 1 amide bonds. The van der Waals surface area contributed by atoms with Crippen LogP contribution in [0, 0.1) is 0 Å².